The molecule has 0 heterocycles. The Balaban J connectivity index is 3.43. The zero-order valence-electron chi connectivity index (χ0n) is 5.77. The zero-order valence-corrected chi connectivity index (χ0v) is 6.53. The van der Waals surface area contributed by atoms with Crippen LogP contribution < -0.4 is 5.73 Å². The third-order valence-corrected chi connectivity index (χ3v) is 1.66. The maximum atomic E-state index is 12.7. The monoisotopic (exact) mass is 191 g/mol. The molecule has 2 N–H and O–H groups in total. The Kier molecular flexibility index (Phi) is 2.28. The number of primary amides is 1. The molecule has 0 aromatic heterocycles. The van der Waals surface area contributed by atoms with E-state index in [2.05, 4.69) is 0 Å². The lowest BCUT2D eigenvalue weighted by atomic mass is 10.2. The summed E-state index contributed by atoms with van der Waals surface area (Å²) in [6.45, 7) is 0. The predicted molar refractivity (Wildman–Crippen MR) is 39.9 cm³/mol. The Labute approximate surface area is 71.9 Å². The summed E-state index contributed by atoms with van der Waals surface area (Å²) in [5, 5.41) is -0.581. The molecule has 0 fully saturated rings. The SMILES string of the molecule is NC(=O)c1c(F)ccc(F)c1Cl. The van der Waals surface area contributed by atoms with E-state index in [0.717, 1.165) is 12.1 Å². The van der Waals surface area contributed by atoms with Crippen LogP contribution >= 0.6 is 11.6 Å². The van der Waals surface area contributed by atoms with E-state index in [4.69, 9.17) is 17.3 Å². The van der Waals surface area contributed by atoms with E-state index >= 15 is 0 Å². The van der Waals surface area contributed by atoms with Crippen LogP contribution in [0.25, 0.3) is 0 Å². The van der Waals surface area contributed by atoms with Gasteiger partial charge in [0, 0.05) is 0 Å². The molecule has 0 saturated carbocycles. The van der Waals surface area contributed by atoms with Crippen LogP contribution in [0.15, 0.2) is 12.1 Å². The molecule has 0 radical (unpaired) electrons. The standard InChI is InChI=1S/C7H4ClF2NO/c8-6-4(10)2-1-3(9)5(6)7(11)12/h1-2H,(H2,11,12). The Bertz CT molecular complexity index is 340. The van der Waals surface area contributed by atoms with Crippen molar-refractivity contribution in [3.8, 4) is 0 Å². The highest BCUT2D eigenvalue weighted by molar-refractivity contribution is 6.33. The fourth-order valence-electron chi connectivity index (χ4n) is 0.753. The molecule has 1 aromatic rings. The van der Waals surface area contributed by atoms with Crippen LogP contribution in [0.3, 0.4) is 0 Å². The van der Waals surface area contributed by atoms with Gasteiger partial charge in [0.25, 0.3) is 5.91 Å². The highest BCUT2D eigenvalue weighted by Crippen LogP contribution is 2.21. The smallest absolute Gasteiger partial charge is 0.253 e. The lowest BCUT2D eigenvalue weighted by molar-refractivity contribution is 0.0996. The lowest BCUT2D eigenvalue weighted by Gasteiger charge is -2.01. The second-order valence-electron chi connectivity index (χ2n) is 2.08. The van der Waals surface area contributed by atoms with Gasteiger partial charge in [-0.1, -0.05) is 11.6 Å². The van der Waals surface area contributed by atoms with Gasteiger partial charge in [0.2, 0.25) is 0 Å². The van der Waals surface area contributed by atoms with Crippen molar-refractivity contribution < 1.29 is 13.6 Å². The minimum Gasteiger partial charge on any atom is -0.365 e. The number of carbonyl (C=O) groups excluding carboxylic acids is 1. The third-order valence-electron chi connectivity index (χ3n) is 1.29. The van der Waals surface area contributed by atoms with Gasteiger partial charge in [-0.2, -0.15) is 0 Å². The van der Waals surface area contributed by atoms with Crippen LogP contribution in [-0.4, -0.2) is 5.91 Å². The van der Waals surface area contributed by atoms with Crippen LogP contribution in [0.2, 0.25) is 5.02 Å². The van der Waals surface area contributed by atoms with E-state index in [1.54, 1.807) is 0 Å². The van der Waals surface area contributed by atoms with Gasteiger partial charge < -0.3 is 5.73 Å². The summed E-state index contributed by atoms with van der Waals surface area (Å²) < 4.78 is 25.3. The van der Waals surface area contributed by atoms with E-state index in [1.165, 1.54) is 0 Å². The molecule has 0 aliphatic rings. The predicted octanol–water partition coefficient (Wildman–Crippen LogP) is 1.72. The van der Waals surface area contributed by atoms with Crippen molar-refractivity contribution in [2.75, 3.05) is 0 Å². The summed E-state index contributed by atoms with van der Waals surface area (Å²) in [7, 11) is 0. The molecule has 0 bridgehead atoms. The second-order valence-corrected chi connectivity index (χ2v) is 2.46. The van der Waals surface area contributed by atoms with Crippen molar-refractivity contribution in [3.63, 3.8) is 0 Å². The minimum absolute atomic E-state index is 0.581. The van der Waals surface area contributed by atoms with Crippen molar-refractivity contribution in [2.45, 2.75) is 0 Å². The minimum atomic E-state index is -1.09. The molecule has 1 rings (SSSR count). The molecule has 1 amide bonds. The van der Waals surface area contributed by atoms with Gasteiger partial charge >= 0.3 is 0 Å². The molecule has 0 spiro atoms. The van der Waals surface area contributed by atoms with E-state index in [0.29, 0.717) is 0 Å². The maximum absolute atomic E-state index is 12.7. The Morgan fingerprint density at radius 2 is 1.83 bits per heavy atom. The van der Waals surface area contributed by atoms with Gasteiger partial charge in [-0.15, -0.1) is 0 Å². The summed E-state index contributed by atoms with van der Waals surface area (Å²) in [6.07, 6.45) is 0. The number of carbonyl (C=O) groups is 1. The van der Waals surface area contributed by atoms with Crippen LogP contribution in [0.4, 0.5) is 8.78 Å². The van der Waals surface area contributed by atoms with Gasteiger partial charge in [-0.05, 0) is 12.1 Å². The average molecular weight is 192 g/mol. The van der Waals surface area contributed by atoms with Gasteiger partial charge in [0.1, 0.15) is 11.6 Å². The second kappa shape index (κ2) is 3.06. The molecule has 1 aromatic carbocycles. The van der Waals surface area contributed by atoms with E-state index < -0.39 is 28.1 Å². The van der Waals surface area contributed by atoms with Crippen molar-refractivity contribution in [2.24, 2.45) is 5.73 Å². The van der Waals surface area contributed by atoms with Crippen molar-refractivity contribution in [1.29, 1.82) is 0 Å². The summed E-state index contributed by atoms with van der Waals surface area (Å²) in [6, 6.07) is 1.62. The molecule has 64 valence electrons. The summed E-state index contributed by atoms with van der Waals surface area (Å²) in [5.41, 5.74) is 4.14. The fraction of sp³-hybridized carbons (Fsp3) is 0. The topological polar surface area (TPSA) is 43.1 Å². The number of hydrogen-bond donors (Lipinski definition) is 1. The normalized spacial score (nSPS) is 9.92. The number of nitrogens with two attached hydrogens (primary N) is 1. The van der Waals surface area contributed by atoms with Crippen molar-refractivity contribution in [3.05, 3.63) is 34.4 Å². The molecule has 12 heavy (non-hydrogen) atoms. The quantitative estimate of drug-likeness (QED) is 0.675. The van der Waals surface area contributed by atoms with Crippen LogP contribution in [0.5, 0.6) is 0 Å². The first-order valence-corrected chi connectivity index (χ1v) is 3.35. The zero-order chi connectivity index (χ0) is 9.30. The molecular formula is C7H4ClF2NO. The number of benzene rings is 1. The Morgan fingerprint density at radius 1 is 1.33 bits per heavy atom. The highest BCUT2D eigenvalue weighted by Gasteiger charge is 2.15. The Hall–Kier alpha value is -1.16. The summed E-state index contributed by atoms with van der Waals surface area (Å²) in [5.74, 6) is -2.88. The summed E-state index contributed by atoms with van der Waals surface area (Å²) in [4.78, 5) is 10.5. The molecule has 5 heteroatoms. The first-order valence-electron chi connectivity index (χ1n) is 2.97. The van der Waals surface area contributed by atoms with Gasteiger partial charge in [0.15, 0.2) is 0 Å². The van der Waals surface area contributed by atoms with Crippen LogP contribution in [0.1, 0.15) is 10.4 Å². The van der Waals surface area contributed by atoms with Crippen LogP contribution in [0, 0.1) is 11.6 Å². The Morgan fingerprint density at radius 3 is 2.25 bits per heavy atom. The first-order chi connectivity index (χ1) is 5.54. The lowest BCUT2D eigenvalue weighted by Crippen LogP contribution is -2.14. The third kappa shape index (κ3) is 1.38. The van der Waals surface area contributed by atoms with Gasteiger partial charge in [-0.25, -0.2) is 8.78 Å². The van der Waals surface area contributed by atoms with E-state index in [9.17, 15) is 13.6 Å². The summed E-state index contributed by atoms with van der Waals surface area (Å²) >= 11 is 5.28. The number of amides is 1. The van der Waals surface area contributed by atoms with Crippen molar-refractivity contribution >= 4 is 17.5 Å². The van der Waals surface area contributed by atoms with Crippen LogP contribution in [-0.2, 0) is 0 Å². The molecule has 0 aliphatic carbocycles. The van der Waals surface area contributed by atoms with E-state index in [1.807, 2.05) is 0 Å². The number of rotatable bonds is 1. The molecular weight excluding hydrogens is 188 g/mol. The van der Waals surface area contributed by atoms with Gasteiger partial charge in [0.05, 0.1) is 10.6 Å². The fourth-order valence-corrected chi connectivity index (χ4v) is 0.999. The molecule has 0 atom stereocenters. The first kappa shape index (κ1) is 8.93. The molecule has 2 nitrogen and oxygen atoms in total. The maximum Gasteiger partial charge on any atom is 0.253 e. The number of hydrogen-bond acceptors (Lipinski definition) is 1. The largest absolute Gasteiger partial charge is 0.365 e. The van der Waals surface area contributed by atoms with Crippen molar-refractivity contribution in [1.82, 2.24) is 0 Å². The molecule has 0 unspecified atom stereocenters. The number of halogens is 3. The molecule has 0 saturated heterocycles. The van der Waals surface area contributed by atoms with Gasteiger partial charge in [-0.3, -0.25) is 4.79 Å². The molecule has 0 aliphatic heterocycles. The van der Waals surface area contributed by atoms with E-state index in [-0.39, 0.29) is 0 Å². The average Bonchev–Trinajstić information content (AvgIpc) is 1.97. The highest BCUT2D eigenvalue weighted by atomic mass is 35.5.